The SMILES string of the molecule is CCCCCCCCCCCCCCC(C(=O)OC)[N+](C)(C)C. The Morgan fingerprint density at radius 3 is 1.52 bits per heavy atom. The number of likely N-dealkylation sites (N-methyl/N-ethyl adjacent to an activating group) is 1. The minimum absolute atomic E-state index is 0.0249. The first-order valence-electron chi connectivity index (χ1n) is 9.82. The van der Waals surface area contributed by atoms with Gasteiger partial charge in [0.25, 0.3) is 0 Å². The molecule has 3 heteroatoms. The van der Waals surface area contributed by atoms with Gasteiger partial charge in [-0.15, -0.1) is 0 Å². The van der Waals surface area contributed by atoms with Crippen LogP contribution in [0.3, 0.4) is 0 Å². The molecule has 0 aromatic rings. The van der Waals surface area contributed by atoms with Gasteiger partial charge in [-0.2, -0.15) is 0 Å². The number of carbonyl (C=O) groups is 1. The fraction of sp³-hybridized carbons (Fsp3) is 0.950. The van der Waals surface area contributed by atoms with Crippen LogP contribution in [0, 0.1) is 0 Å². The highest BCUT2D eigenvalue weighted by Gasteiger charge is 2.31. The Kier molecular flexibility index (Phi) is 13.5. The van der Waals surface area contributed by atoms with Crippen molar-refractivity contribution in [1.82, 2.24) is 0 Å². The second kappa shape index (κ2) is 13.8. The second-order valence-electron chi connectivity index (χ2n) is 7.83. The number of hydrogen-bond donors (Lipinski definition) is 0. The van der Waals surface area contributed by atoms with Gasteiger partial charge in [0.1, 0.15) is 0 Å². The highest BCUT2D eigenvalue weighted by atomic mass is 16.5. The molecule has 0 aliphatic carbocycles. The zero-order valence-corrected chi connectivity index (χ0v) is 16.5. The number of esters is 1. The van der Waals surface area contributed by atoms with Gasteiger partial charge in [-0.05, 0) is 6.42 Å². The molecule has 0 saturated heterocycles. The summed E-state index contributed by atoms with van der Waals surface area (Å²) in [5.74, 6) is -0.0689. The van der Waals surface area contributed by atoms with Crippen LogP contribution < -0.4 is 0 Å². The zero-order valence-electron chi connectivity index (χ0n) is 16.5. The van der Waals surface area contributed by atoms with Crippen LogP contribution in [0.5, 0.6) is 0 Å². The normalized spacial score (nSPS) is 13.1. The molecule has 23 heavy (non-hydrogen) atoms. The zero-order chi connectivity index (χ0) is 17.6. The van der Waals surface area contributed by atoms with Gasteiger partial charge in [-0.3, -0.25) is 0 Å². The van der Waals surface area contributed by atoms with Crippen LogP contribution in [0.15, 0.2) is 0 Å². The molecule has 1 atom stereocenters. The van der Waals surface area contributed by atoms with E-state index in [4.69, 9.17) is 4.74 Å². The van der Waals surface area contributed by atoms with Crippen LogP contribution >= 0.6 is 0 Å². The molecule has 0 amide bonds. The first-order valence-corrected chi connectivity index (χ1v) is 9.82. The average Bonchev–Trinajstić information content (AvgIpc) is 2.50. The van der Waals surface area contributed by atoms with Crippen LogP contribution in [0.1, 0.15) is 90.4 Å². The van der Waals surface area contributed by atoms with Crippen molar-refractivity contribution in [3.63, 3.8) is 0 Å². The minimum Gasteiger partial charge on any atom is -0.465 e. The molecule has 0 radical (unpaired) electrons. The van der Waals surface area contributed by atoms with Crippen LogP contribution in [0.4, 0.5) is 0 Å². The number of rotatable bonds is 15. The summed E-state index contributed by atoms with van der Waals surface area (Å²) in [5, 5.41) is 0. The van der Waals surface area contributed by atoms with E-state index in [0.29, 0.717) is 4.48 Å². The third-order valence-electron chi connectivity index (χ3n) is 4.74. The van der Waals surface area contributed by atoms with Crippen LogP contribution in [0.25, 0.3) is 0 Å². The van der Waals surface area contributed by atoms with Gasteiger partial charge >= 0.3 is 5.97 Å². The molecule has 0 spiro atoms. The Bertz CT molecular complexity index is 284. The summed E-state index contributed by atoms with van der Waals surface area (Å²) in [6.45, 7) is 2.27. The lowest BCUT2D eigenvalue weighted by molar-refractivity contribution is -0.887. The summed E-state index contributed by atoms with van der Waals surface area (Å²) < 4.78 is 5.60. The van der Waals surface area contributed by atoms with E-state index in [9.17, 15) is 4.79 Å². The maximum absolute atomic E-state index is 11.9. The molecule has 0 fully saturated rings. The Hall–Kier alpha value is -0.570. The molecule has 0 bridgehead atoms. The van der Waals surface area contributed by atoms with Crippen molar-refractivity contribution >= 4 is 5.97 Å². The summed E-state index contributed by atoms with van der Waals surface area (Å²) in [6.07, 6.45) is 17.2. The van der Waals surface area contributed by atoms with E-state index in [1.54, 1.807) is 0 Å². The highest BCUT2D eigenvalue weighted by Crippen LogP contribution is 2.16. The molecule has 0 aliphatic heterocycles. The molecule has 1 unspecified atom stereocenters. The van der Waals surface area contributed by atoms with Gasteiger partial charge in [-0.1, -0.05) is 77.6 Å². The third-order valence-corrected chi connectivity index (χ3v) is 4.74. The average molecular weight is 329 g/mol. The summed E-state index contributed by atoms with van der Waals surface area (Å²) in [6, 6.07) is -0.0249. The summed E-state index contributed by atoms with van der Waals surface area (Å²) in [4.78, 5) is 11.9. The predicted octanol–water partition coefficient (Wildman–Crippen LogP) is 5.33. The number of unbranched alkanes of at least 4 members (excludes halogenated alkanes) is 11. The van der Waals surface area contributed by atoms with E-state index in [-0.39, 0.29) is 12.0 Å². The van der Waals surface area contributed by atoms with Crippen LogP contribution in [-0.2, 0) is 9.53 Å². The standard InChI is InChI=1S/C20H42NO2/c1-6-7-8-9-10-11-12-13-14-15-16-17-18-19(20(22)23-5)21(2,3)4/h19H,6-18H2,1-5H3/q+1. The largest absolute Gasteiger partial charge is 0.465 e. The third kappa shape index (κ3) is 12.5. The van der Waals surface area contributed by atoms with Gasteiger partial charge in [-0.25, -0.2) is 4.79 Å². The molecule has 0 saturated carbocycles. The fourth-order valence-corrected chi connectivity index (χ4v) is 3.14. The number of methoxy groups -OCH3 is 1. The quantitative estimate of drug-likeness (QED) is 0.231. The lowest BCUT2D eigenvalue weighted by Crippen LogP contribution is -2.50. The molecule has 0 N–H and O–H groups in total. The molecule has 0 rings (SSSR count). The monoisotopic (exact) mass is 328 g/mol. The van der Waals surface area contributed by atoms with E-state index in [0.717, 1.165) is 12.8 Å². The lowest BCUT2D eigenvalue weighted by Gasteiger charge is -2.32. The number of carbonyl (C=O) groups excluding carboxylic acids is 1. The van der Waals surface area contributed by atoms with E-state index >= 15 is 0 Å². The van der Waals surface area contributed by atoms with Crippen LogP contribution in [0.2, 0.25) is 0 Å². The summed E-state index contributed by atoms with van der Waals surface area (Å²) in [5.41, 5.74) is 0. The summed E-state index contributed by atoms with van der Waals surface area (Å²) >= 11 is 0. The van der Waals surface area contributed by atoms with Gasteiger partial charge in [0.2, 0.25) is 0 Å². The number of nitrogens with zero attached hydrogens (tertiary/aromatic N) is 1. The molecule has 3 nitrogen and oxygen atoms in total. The van der Waals surface area contributed by atoms with Crippen molar-refractivity contribution in [2.24, 2.45) is 0 Å². The van der Waals surface area contributed by atoms with Gasteiger partial charge < -0.3 is 9.22 Å². The number of hydrogen-bond acceptors (Lipinski definition) is 2. The van der Waals surface area contributed by atoms with E-state index in [1.165, 1.54) is 77.7 Å². The first kappa shape index (κ1) is 22.4. The van der Waals surface area contributed by atoms with E-state index in [2.05, 4.69) is 28.1 Å². The van der Waals surface area contributed by atoms with Crippen molar-refractivity contribution in [3.8, 4) is 0 Å². The van der Waals surface area contributed by atoms with E-state index in [1.807, 2.05) is 0 Å². The number of quaternary nitrogens is 1. The smallest absolute Gasteiger partial charge is 0.364 e. The molecule has 138 valence electrons. The van der Waals surface area contributed by atoms with Crippen LogP contribution in [-0.4, -0.2) is 44.7 Å². The maximum atomic E-state index is 11.9. The van der Waals surface area contributed by atoms with Crippen molar-refractivity contribution < 1.29 is 14.0 Å². The molecule has 0 aliphatic rings. The number of ether oxygens (including phenoxy) is 1. The van der Waals surface area contributed by atoms with Gasteiger partial charge in [0.05, 0.1) is 28.3 Å². The molecule has 0 aromatic carbocycles. The predicted molar refractivity (Wildman–Crippen MR) is 99.5 cm³/mol. The fourth-order valence-electron chi connectivity index (χ4n) is 3.14. The molecule has 0 heterocycles. The Balaban J connectivity index is 3.52. The van der Waals surface area contributed by atoms with Gasteiger partial charge in [0.15, 0.2) is 6.04 Å². The van der Waals surface area contributed by atoms with Crippen molar-refractivity contribution in [3.05, 3.63) is 0 Å². The van der Waals surface area contributed by atoms with Crippen molar-refractivity contribution in [2.45, 2.75) is 96.4 Å². The molecular weight excluding hydrogens is 286 g/mol. The van der Waals surface area contributed by atoms with E-state index < -0.39 is 0 Å². The highest BCUT2D eigenvalue weighted by molar-refractivity contribution is 5.74. The molecule has 0 aromatic heterocycles. The van der Waals surface area contributed by atoms with Crippen molar-refractivity contribution in [2.75, 3.05) is 28.3 Å². The summed E-state index contributed by atoms with van der Waals surface area (Å²) in [7, 11) is 7.71. The first-order chi connectivity index (χ1) is 10.9. The lowest BCUT2D eigenvalue weighted by atomic mass is 10.0. The Labute approximate surface area is 145 Å². The van der Waals surface area contributed by atoms with Crippen molar-refractivity contribution in [1.29, 1.82) is 0 Å². The minimum atomic E-state index is -0.0689. The Morgan fingerprint density at radius 2 is 1.17 bits per heavy atom. The second-order valence-corrected chi connectivity index (χ2v) is 7.83. The maximum Gasteiger partial charge on any atom is 0.364 e. The topological polar surface area (TPSA) is 26.3 Å². The van der Waals surface area contributed by atoms with Gasteiger partial charge in [0, 0.05) is 6.42 Å². The Morgan fingerprint density at radius 1 is 0.783 bits per heavy atom. The molecular formula is C20H42NO2+.